The largest absolute Gasteiger partial charge is 0.481 e. The fourth-order valence-electron chi connectivity index (χ4n) is 2.60. The van der Waals surface area contributed by atoms with E-state index in [1.807, 2.05) is 24.0 Å². The van der Waals surface area contributed by atoms with Crippen molar-refractivity contribution in [1.29, 1.82) is 0 Å². The minimum absolute atomic E-state index is 0.0946. The Labute approximate surface area is 128 Å². The van der Waals surface area contributed by atoms with Gasteiger partial charge in [0.05, 0.1) is 12.5 Å². The lowest BCUT2D eigenvalue weighted by Gasteiger charge is -2.22. The molecule has 114 valence electrons. The van der Waals surface area contributed by atoms with Crippen LogP contribution in [0.25, 0.3) is 0 Å². The molecule has 1 aliphatic heterocycles. The predicted molar refractivity (Wildman–Crippen MR) is 80.1 cm³/mol. The molecular formula is C15H19ClN2O3. The van der Waals surface area contributed by atoms with Crippen molar-refractivity contribution >= 4 is 23.5 Å². The number of carboxylic acids is 1. The first-order chi connectivity index (χ1) is 9.97. The molecule has 0 aromatic heterocycles. The molecule has 2 N–H and O–H groups in total. The van der Waals surface area contributed by atoms with Crippen LogP contribution in [0.2, 0.25) is 5.02 Å². The highest BCUT2D eigenvalue weighted by molar-refractivity contribution is 6.30. The first-order valence-electron chi connectivity index (χ1n) is 6.95. The Morgan fingerprint density at radius 1 is 1.38 bits per heavy atom. The summed E-state index contributed by atoms with van der Waals surface area (Å²) in [5.41, 5.74) is 0.977. The van der Waals surface area contributed by atoms with Gasteiger partial charge < -0.3 is 10.4 Å². The predicted octanol–water partition coefficient (Wildman–Crippen LogP) is 1.75. The van der Waals surface area contributed by atoms with Gasteiger partial charge in [0.25, 0.3) is 0 Å². The van der Waals surface area contributed by atoms with Crippen molar-refractivity contribution in [2.24, 2.45) is 5.92 Å². The van der Waals surface area contributed by atoms with Gasteiger partial charge in [0, 0.05) is 17.6 Å². The fraction of sp³-hybridized carbons (Fsp3) is 0.467. The van der Waals surface area contributed by atoms with Crippen LogP contribution in [0.3, 0.4) is 0 Å². The Hall–Kier alpha value is -1.59. The van der Waals surface area contributed by atoms with Gasteiger partial charge in [-0.1, -0.05) is 23.7 Å². The molecule has 2 unspecified atom stereocenters. The molecule has 1 amide bonds. The smallest absolute Gasteiger partial charge is 0.308 e. The number of nitrogens with one attached hydrogen (secondary N) is 1. The highest BCUT2D eigenvalue weighted by Crippen LogP contribution is 2.23. The van der Waals surface area contributed by atoms with Gasteiger partial charge in [-0.25, -0.2) is 0 Å². The third kappa shape index (κ3) is 4.19. The lowest BCUT2D eigenvalue weighted by Crippen LogP contribution is -2.40. The second kappa shape index (κ2) is 6.91. The molecule has 0 bridgehead atoms. The SMILES string of the molecule is CC1C(C(=O)O)CCN1CC(=O)NCc1ccc(Cl)cc1. The quantitative estimate of drug-likeness (QED) is 0.869. The lowest BCUT2D eigenvalue weighted by atomic mass is 10.0. The zero-order valence-corrected chi connectivity index (χ0v) is 12.6. The molecule has 0 saturated carbocycles. The second-order valence-electron chi connectivity index (χ2n) is 5.35. The number of carbonyl (C=O) groups excluding carboxylic acids is 1. The van der Waals surface area contributed by atoms with Crippen molar-refractivity contribution in [2.75, 3.05) is 13.1 Å². The summed E-state index contributed by atoms with van der Waals surface area (Å²) >= 11 is 5.80. The number of hydrogen-bond donors (Lipinski definition) is 2. The van der Waals surface area contributed by atoms with Gasteiger partial charge in [-0.3, -0.25) is 14.5 Å². The summed E-state index contributed by atoms with van der Waals surface area (Å²) < 4.78 is 0. The van der Waals surface area contributed by atoms with Crippen molar-refractivity contribution < 1.29 is 14.7 Å². The van der Waals surface area contributed by atoms with E-state index in [4.69, 9.17) is 16.7 Å². The van der Waals surface area contributed by atoms with E-state index < -0.39 is 5.97 Å². The fourth-order valence-corrected chi connectivity index (χ4v) is 2.73. The number of nitrogens with zero attached hydrogens (tertiary/aromatic N) is 1. The lowest BCUT2D eigenvalue weighted by molar-refractivity contribution is -0.142. The van der Waals surface area contributed by atoms with Gasteiger partial charge in [0.2, 0.25) is 5.91 Å². The van der Waals surface area contributed by atoms with E-state index in [9.17, 15) is 9.59 Å². The minimum atomic E-state index is -0.786. The van der Waals surface area contributed by atoms with Crippen molar-refractivity contribution in [3.05, 3.63) is 34.9 Å². The molecule has 0 aliphatic carbocycles. The van der Waals surface area contributed by atoms with E-state index in [-0.39, 0.29) is 24.4 Å². The summed E-state index contributed by atoms with van der Waals surface area (Å²) in [6.45, 7) is 3.18. The van der Waals surface area contributed by atoms with Crippen LogP contribution in [-0.2, 0) is 16.1 Å². The summed E-state index contributed by atoms with van der Waals surface area (Å²) in [5.74, 6) is -1.26. The number of amides is 1. The van der Waals surface area contributed by atoms with E-state index in [0.717, 1.165) is 5.56 Å². The van der Waals surface area contributed by atoms with Gasteiger partial charge in [-0.15, -0.1) is 0 Å². The number of carbonyl (C=O) groups is 2. The Morgan fingerprint density at radius 2 is 2.05 bits per heavy atom. The van der Waals surface area contributed by atoms with Crippen LogP contribution >= 0.6 is 11.6 Å². The number of aliphatic carboxylic acids is 1. The van der Waals surface area contributed by atoms with Crippen LogP contribution in [0.15, 0.2) is 24.3 Å². The van der Waals surface area contributed by atoms with Gasteiger partial charge in [0.1, 0.15) is 0 Å². The first kappa shape index (κ1) is 15.8. The molecule has 1 saturated heterocycles. The third-order valence-electron chi connectivity index (χ3n) is 3.95. The maximum atomic E-state index is 11.9. The molecule has 21 heavy (non-hydrogen) atoms. The Morgan fingerprint density at radius 3 is 2.62 bits per heavy atom. The summed E-state index contributed by atoms with van der Waals surface area (Å²) in [6.07, 6.45) is 0.598. The average molecular weight is 311 g/mol. The van der Waals surface area contributed by atoms with Crippen LogP contribution in [0.1, 0.15) is 18.9 Å². The number of rotatable bonds is 5. The molecule has 1 aromatic carbocycles. The normalized spacial score (nSPS) is 22.2. The van der Waals surface area contributed by atoms with Crippen LogP contribution in [0.5, 0.6) is 0 Å². The maximum absolute atomic E-state index is 11.9. The molecule has 2 rings (SSSR count). The maximum Gasteiger partial charge on any atom is 0.308 e. The molecule has 0 spiro atoms. The second-order valence-corrected chi connectivity index (χ2v) is 5.78. The molecule has 5 nitrogen and oxygen atoms in total. The minimum Gasteiger partial charge on any atom is -0.481 e. The number of benzene rings is 1. The monoisotopic (exact) mass is 310 g/mol. The number of likely N-dealkylation sites (tertiary alicyclic amines) is 1. The highest BCUT2D eigenvalue weighted by atomic mass is 35.5. The molecule has 1 fully saturated rings. The molecule has 1 aromatic rings. The van der Waals surface area contributed by atoms with E-state index in [2.05, 4.69) is 5.32 Å². The Balaban J connectivity index is 1.80. The van der Waals surface area contributed by atoms with Crippen molar-refractivity contribution in [3.63, 3.8) is 0 Å². The van der Waals surface area contributed by atoms with Crippen molar-refractivity contribution in [2.45, 2.75) is 25.9 Å². The molecule has 0 radical (unpaired) electrons. The summed E-state index contributed by atoms with van der Waals surface area (Å²) in [6, 6.07) is 7.18. The van der Waals surface area contributed by atoms with E-state index in [1.54, 1.807) is 12.1 Å². The number of carboxylic acid groups (broad SMARTS) is 1. The van der Waals surface area contributed by atoms with Crippen LogP contribution in [0, 0.1) is 5.92 Å². The molecule has 1 heterocycles. The summed E-state index contributed by atoms with van der Waals surface area (Å²) in [4.78, 5) is 24.9. The summed E-state index contributed by atoms with van der Waals surface area (Å²) in [7, 11) is 0. The number of halogens is 1. The first-order valence-corrected chi connectivity index (χ1v) is 7.33. The molecule has 6 heteroatoms. The third-order valence-corrected chi connectivity index (χ3v) is 4.20. The van der Waals surface area contributed by atoms with Crippen LogP contribution < -0.4 is 5.32 Å². The molecule has 1 aliphatic rings. The standard InChI is InChI=1S/C15H19ClN2O3/c1-10-13(15(20)21)6-7-18(10)9-14(19)17-8-11-2-4-12(16)5-3-11/h2-5,10,13H,6-9H2,1H3,(H,17,19)(H,20,21). The van der Waals surface area contributed by atoms with Gasteiger partial charge in [0.15, 0.2) is 0 Å². The van der Waals surface area contributed by atoms with Gasteiger partial charge in [-0.2, -0.15) is 0 Å². The zero-order chi connectivity index (χ0) is 15.4. The molecule has 2 atom stereocenters. The summed E-state index contributed by atoms with van der Waals surface area (Å²) in [5, 5.41) is 12.6. The van der Waals surface area contributed by atoms with E-state index in [0.29, 0.717) is 24.5 Å². The van der Waals surface area contributed by atoms with E-state index >= 15 is 0 Å². The Kier molecular flexibility index (Phi) is 5.20. The van der Waals surface area contributed by atoms with Crippen LogP contribution in [0.4, 0.5) is 0 Å². The zero-order valence-electron chi connectivity index (χ0n) is 11.9. The van der Waals surface area contributed by atoms with Gasteiger partial charge >= 0.3 is 5.97 Å². The van der Waals surface area contributed by atoms with Crippen LogP contribution in [-0.4, -0.2) is 41.0 Å². The van der Waals surface area contributed by atoms with E-state index in [1.165, 1.54) is 0 Å². The Bertz CT molecular complexity index is 518. The number of hydrogen-bond acceptors (Lipinski definition) is 3. The van der Waals surface area contributed by atoms with Gasteiger partial charge in [-0.05, 0) is 37.6 Å². The average Bonchev–Trinajstić information content (AvgIpc) is 2.80. The molecular weight excluding hydrogens is 292 g/mol. The topological polar surface area (TPSA) is 69.6 Å². The highest BCUT2D eigenvalue weighted by Gasteiger charge is 2.36. The van der Waals surface area contributed by atoms with Crippen molar-refractivity contribution in [3.8, 4) is 0 Å². The van der Waals surface area contributed by atoms with Crippen molar-refractivity contribution in [1.82, 2.24) is 10.2 Å².